The van der Waals surface area contributed by atoms with Crippen LogP contribution in [-0.2, 0) is 0 Å². The lowest BCUT2D eigenvalue weighted by atomic mass is 10.2. The Morgan fingerprint density at radius 1 is 0.957 bits per heavy atom. The summed E-state index contributed by atoms with van der Waals surface area (Å²) in [6.45, 7) is 0. The minimum atomic E-state index is -0.549. The van der Waals surface area contributed by atoms with Crippen LogP contribution in [0.1, 0.15) is 10.5 Å². The molecule has 1 N–H and O–H groups in total. The summed E-state index contributed by atoms with van der Waals surface area (Å²) in [5, 5.41) is 3.35. The second-order valence-corrected chi connectivity index (χ2v) is 6.01. The molecule has 0 fully saturated rings. The number of hydrogen-bond donors (Lipinski definition) is 1. The Morgan fingerprint density at radius 3 is 2.52 bits per heavy atom. The summed E-state index contributed by atoms with van der Waals surface area (Å²) in [6.07, 6.45) is 1.67. The van der Waals surface area contributed by atoms with E-state index in [0.717, 1.165) is 10.9 Å². The third kappa shape index (κ3) is 3.08. The molecule has 0 bridgehead atoms. The zero-order chi connectivity index (χ0) is 16.6. The van der Waals surface area contributed by atoms with Gasteiger partial charge in [-0.1, -0.05) is 52.5 Å². The van der Waals surface area contributed by atoms with Gasteiger partial charge >= 0.3 is 0 Å². The van der Waals surface area contributed by atoms with Gasteiger partial charge in [0.1, 0.15) is 10.8 Å². The highest BCUT2D eigenvalue weighted by Gasteiger charge is 2.20. The summed E-state index contributed by atoms with van der Waals surface area (Å²) in [4.78, 5) is 20.6. The van der Waals surface area contributed by atoms with E-state index in [0.29, 0.717) is 5.69 Å². The zero-order valence-electron chi connectivity index (χ0n) is 11.3. The van der Waals surface area contributed by atoms with E-state index in [9.17, 15) is 4.79 Å². The molecule has 0 radical (unpaired) electrons. The smallest absolute Gasteiger partial charge is 0.275 e. The predicted molar refractivity (Wildman–Crippen MR) is 94.0 cm³/mol. The van der Waals surface area contributed by atoms with Gasteiger partial charge in [0.25, 0.3) is 5.91 Å². The lowest BCUT2D eigenvalue weighted by molar-refractivity contribution is 0.102. The minimum absolute atomic E-state index is 0.00393. The summed E-state index contributed by atoms with van der Waals surface area (Å²) in [6, 6.07) is 8.98. The number of carbonyl (C=O) groups is 1. The van der Waals surface area contributed by atoms with Crippen molar-refractivity contribution in [1.82, 2.24) is 9.97 Å². The largest absolute Gasteiger partial charge is 0.320 e. The van der Waals surface area contributed by atoms with Crippen molar-refractivity contribution in [1.29, 1.82) is 0 Å². The predicted octanol–water partition coefficient (Wildman–Crippen LogP) is 5.50. The number of carbonyl (C=O) groups excluding carboxylic acids is 1. The van der Waals surface area contributed by atoms with Crippen LogP contribution in [0.5, 0.6) is 0 Å². The van der Waals surface area contributed by atoms with Crippen molar-refractivity contribution in [3.8, 4) is 0 Å². The van der Waals surface area contributed by atoms with E-state index in [4.69, 9.17) is 46.4 Å². The molecule has 116 valence electrons. The van der Waals surface area contributed by atoms with Crippen LogP contribution in [0.3, 0.4) is 0 Å². The number of pyridine rings is 2. The molecule has 0 aliphatic rings. The van der Waals surface area contributed by atoms with Crippen LogP contribution in [0.25, 0.3) is 10.9 Å². The Bertz CT molecular complexity index is 925. The summed E-state index contributed by atoms with van der Waals surface area (Å²) in [5.41, 5.74) is 1.21. The van der Waals surface area contributed by atoms with Crippen molar-refractivity contribution in [3.05, 3.63) is 62.4 Å². The molecule has 4 nitrogen and oxygen atoms in total. The molecule has 0 saturated carbocycles. The van der Waals surface area contributed by atoms with E-state index in [1.54, 1.807) is 24.4 Å². The highest BCUT2D eigenvalue weighted by molar-refractivity contribution is 6.52. The molecule has 0 aliphatic carbocycles. The lowest BCUT2D eigenvalue weighted by Crippen LogP contribution is -2.15. The van der Waals surface area contributed by atoms with E-state index in [1.165, 1.54) is 0 Å². The van der Waals surface area contributed by atoms with Gasteiger partial charge in [0, 0.05) is 11.6 Å². The van der Waals surface area contributed by atoms with Crippen molar-refractivity contribution in [2.24, 2.45) is 0 Å². The topological polar surface area (TPSA) is 54.9 Å². The average Bonchev–Trinajstić information content (AvgIpc) is 2.56. The van der Waals surface area contributed by atoms with Crippen LogP contribution in [0, 0.1) is 0 Å². The number of rotatable bonds is 2. The maximum absolute atomic E-state index is 12.5. The molecule has 3 aromatic rings. The number of benzene rings is 1. The first-order valence-corrected chi connectivity index (χ1v) is 7.85. The van der Waals surface area contributed by atoms with Crippen molar-refractivity contribution >= 4 is 68.9 Å². The van der Waals surface area contributed by atoms with Gasteiger partial charge in [0.15, 0.2) is 0 Å². The van der Waals surface area contributed by atoms with Gasteiger partial charge in [0.05, 0.1) is 26.3 Å². The molecule has 0 unspecified atom stereocenters. The van der Waals surface area contributed by atoms with E-state index >= 15 is 0 Å². The molecule has 0 atom stereocenters. The third-order valence-corrected chi connectivity index (χ3v) is 4.77. The van der Waals surface area contributed by atoms with Crippen LogP contribution in [0.4, 0.5) is 5.69 Å². The molecule has 1 amide bonds. The number of amides is 1. The fourth-order valence-electron chi connectivity index (χ4n) is 2.03. The molecule has 0 saturated heterocycles. The van der Waals surface area contributed by atoms with Gasteiger partial charge in [-0.2, -0.15) is 0 Å². The van der Waals surface area contributed by atoms with E-state index in [1.807, 2.05) is 12.1 Å². The van der Waals surface area contributed by atoms with Gasteiger partial charge in [-0.15, -0.1) is 0 Å². The summed E-state index contributed by atoms with van der Waals surface area (Å²) < 4.78 is 0. The maximum Gasteiger partial charge on any atom is 0.275 e. The SMILES string of the molecule is O=C(Nc1cccc2ncccc12)c1nc(Cl)c(Cl)c(Cl)c1Cl. The van der Waals surface area contributed by atoms with E-state index in [2.05, 4.69) is 15.3 Å². The Hall–Kier alpha value is -1.59. The van der Waals surface area contributed by atoms with Crippen LogP contribution < -0.4 is 5.32 Å². The first-order valence-electron chi connectivity index (χ1n) is 6.34. The second-order valence-electron chi connectivity index (χ2n) is 4.52. The van der Waals surface area contributed by atoms with Gasteiger partial charge in [0.2, 0.25) is 0 Å². The minimum Gasteiger partial charge on any atom is -0.320 e. The first kappa shape index (κ1) is 16.3. The number of nitrogens with zero attached hydrogens (tertiary/aromatic N) is 2. The van der Waals surface area contributed by atoms with Gasteiger partial charge in [-0.05, 0) is 24.3 Å². The summed E-state index contributed by atoms with van der Waals surface area (Å²) in [5.74, 6) is -0.549. The molecule has 0 spiro atoms. The molecule has 1 aromatic carbocycles. The highest BCUT2D eigenvalue weighted by Crippen LogP contribution is 2.36. The van der Waals surface area contributed by atoms with E-state index < -0.39 is 5.91 Å². The summed E-state index contributed by atoms with van der Waals surface area (Å²) in [7, 11) is 0. The second kappa shape index (κ2) is 6.49. The fraction of sp³-hybridized carbons (Fsp3) is 0. The first-order chi connectivity index (χ1) is 11.0. The fourth-order valence-corrected chi connectivity index (χ4v) is 2.85. The lowest BCUT2D eigenvalue weighted by Gasteiger charge is -2.10. The molecule has 2 heterocycles. The molecule has 3 rings (SSSR count). The standard InChI is InChI=1S/C15H7Cl4N3O/c16-10-11(17)13(22-14(19)12(10)18)15(23)21-9-5-1-4-8-7(9)3-2-6-20-8/h1-6H,(H,21,23). The number of fused-ring (bicyclic) bond motifs is 1. The quantitative estimate of drug-likeness (QED) is 0.592. The van der Waals surface area contributed by atoms with Gasteiger partial charge < -0.3 is 5.32 Å². The van der Waals surface area contributed by atoms with Crippen LogP contribution in [-0.4, -0.2) is 15.9 Å². The Morgan fingerprint density at radius 2 is 1.74 bits per heavy atom. The van der Waals surface area contributed by atoms with Crippen LogP contribution in [0.2, 0.25) is 20.2 Å². The zero-order valence-corrected chi connectivity index (χ0v) is 14.3. The molecular weight excluding hydrogens is 380 g/mol. The monoisotopic (exact) mass is 385 g/mol. The highest BCUT2D eigenvalue weighted by atomic mass is 35.5. The summed E-state index contributed by atoms with van der Waals surface area (Å²) >= 11 is 23.7. The number of aromatic nitrogens is 2. The van der Waals surface area contributed by atoms with Crippen molar-refractivity contribution in [2.75, 3.05) is 5.32 Å². The number of anilines is 1. The van der Waals surface area contributed by atoms with Crippen LogP contribution >= 0.6 is 46.4 Å². The molecule has 23 heavy (non-hydrogen) atoms. The number of nitrogens with one attached hydrogen (secondary N) is 1. The number of hydrogen-bond acceptors (Lipinski definition) is 3. The van der Waals surface area contributed by atoms with Crippen molar-refractivity contribution in [2.45, 2.75) is 0 Å². The van der Waals surface area contributed by atoms with Gasteiger partial charge in [-0.25, -0.2) is 4.98 Å². The van der Waals surface area contributed by atoms with Crippen LogP contribution in [0.15, 0.2) is 36.5 Å². The molecule has 2 aromatic heterocycles. The average molecular weight is 387 g/mol. The van der Waals surface area contributed by atoms with E-state index in [-0.39, 0.29) is 25.9 Å². The normalized spacial score (nSPS) is 10.8. The van der Waals surface area contributed by atoms with Gasteiger partial charge in [-0.3, -0.25) is 9.78 Å². The Balaban J connectivity index is 2.02. The number of halogens is 4. The molecule has 8 heteroatoms. The van der Waals surface area contributed by atoms with Crippen molar-refractivity contribution < 1.29 is 4.79 Å². The molecular formula is C15H7Cl4N3O. The maximum atomic E-state index is 12.5. The van der Waals surface area contributed by atoms with Crippen molar-refractivity contribution in [3.63, 3.8) is 0 Å². The third-order valence-electron chi connectivity index (χ3n) is 3.09. The Kier molecular flexibility index (Phi) is 4.60. The molecule has 0 aliphatic heterocycles. The Labute approximate surface area is 151 Å².